The van der Waals surface area contributed by atoms with Gasteiger partial charge in [-0.15, -0.1) is 15.7 Å². The molecule has 0 amide bonds. The van der Waals surface area contributed by atoms with Crippen molar-refractivity contribution in [2.45, 2.75) is 4.90 Å². The molecule has 3 aromatic rings. The van der Waals surface area contributed by atoms with Gasteiger partial charge in [0.1, 0.15) is 11.6 Å². The third kappa shape index (κ3) is 4.60. The van der Waals surface area contributed by atoms with E-state index < -0.39 is 28.4 Å². The fourth-order valence-electron chi connectivity index (χ4n) is 2.16. The molecule has 0 radical (unpaired) electrons. The molecule has 7 nitrogen and oxygen atoms in total. The molecule has 0 saturated carbocycles. The highest BCUT2D eigenvalue weighted by atomic mass is 32.2. The van der Waals surface area contributed by atoms with Crippen LogP contribution in [0, 0.1) is 5.82 Å². The number of thiazole rings is 1. The van der Waals surface area contributed by atoms with E-state index in [9.17, 15) is 17.6 Å². The molecule has 1 aromatic heterocycles. The second-order valence-corrected chi connectivity index (χ2v) is 7.73. The molecule has 1 heterocycles. The van der Waals surface area contributed by atoms with Gasteiger partial charge in [-0.25, -0.2) is 9.18 Å². The molecular formula is C17H13FN2O5S2. The summed E-state index contributed by atoms with van der Waals surface area (Å²) in [5.41, 5.74) is 0.548. The Morgan fingerprint density at radius 2 is 1.96 bits per heavy atom. The second kappa shape index (κ2) is 7.72. The van der Waals surface area contributed by atoms with Crippen LogP contribution in [0.1, 0.15) is 0 Å². The molecule has 0 saturated heterocycles. The first-order valence-electron chi connectivity index (χ1n) is 7.53. The number of aromatic nitrogens is 1. The number of rotatable bonds is 6. The standard InChI is InChI=1S/C17H13FN2O5S2/c18-12-4-6-15(7-5-12)27(23,24)19-17-20(8-9-26-17)13-2-1-3-14(10-13)25-11-16(21)22/h1-10H,11H2,(H,21,22)/b19-17+. The van der Waals surface area contributed by atoms with Gasteiger partial charge in [0, 0.05) is 17.6 Å². The molecule has 0 fully saturated rings. The number of hydrogen-bond acceptors (Lipinski definition) is 5. The molecule has 0 aliphatic rings. The second-order valence-electron chi connectivity index (χ2n) is 5.26. The van der Waals surface area contributed by atoms with Crippen LogP contribution >= 0.6 is 11.3 Å². The largest absolute Gasteiger partial charge is 0.482 e. The third-order valence-corrected chi connectivity index (χ3v) is 5.51. The van der Waals surface area contributed by atoms with Gasteiger partial charge in [0.25, 0.3) is 10.0 Å². The molecule has 0 spiro atoms. The predicted octanol–water partition coefficient (Wildman–Crippen LogP) is 2.43. The highest BCUT2D eigenvalue weighted by Gasteiger charge is 2.14. The summed E-state index contributed by atoms with van der Waals surface area (Å²) < 4.78 is 48.4. The monoisotopic (exact) mass is 408 g/mol. The molecule has 2 aromatic carbocycles. The van der Waals surface area contributed by atoms with Gasteiger partial charge < -0.3 is 9.84 Å². The van der Waals surface area contributed by atoms with E-state index in [1.54, 1.807) is 35.8 Å². The molecule has 0 atom stereocenters. The number of carboxylic acid groups (broad SMARTS) is 1. The van der Waals surface area contributed by atoms with Crippen LogP contribution in [0.3, 0.4) is 0 Å². The maximum absolute atomic E-state index is 13.0. The van der Waals surface area contributed by atoms with Crippen molar-refractivity contribution < 1.29 is 27.4 Å². The number of ether oxygens (including phenoxy) is 1. The Morgan fingerprint density at radius 1 is 1.22 bits per heavy atom. The normalized spacial score (nSPS) is 12.1. The van der Waals surface area contributed by atoms with Gasteiger partial charge in [-0.3, -0.25) is 4.57 Å². The van der Waals surface area contributed by atoms with Gasteiger partial charge in [-0.2, -0.15) is 8.42 Å². The first-order valence-corrected chi connectivity index (χ1v) is 9.85. The molecule has 0 bridgehead atoms. The lowest BCUT2D eigenvalue weighted by Gasteiger charge is -2.07. The molecule has 0 unspecified atom stereocenters. The number of carbonyl (C=O) groups is 1. The smallest absolute Gasteiger partial charge is 0.341 e. The molecular weight excluding hydrogens is 395 g/mol. The number of halogens is 1. The van der Waals surface area contributed by atoms with E-state index in [0.29, 0.717) is 11.4 Å². The lowest BCUT2D eigenvalue weighted by atomic mass is 10.3. The van der Waals surface area contributed by atoms with Gasteiger partial charge in [0.15, 0.2) is 6.61 Å². The van der Waals surface area contributed by atoms with Crippen LogP contribution in [0.15, 0.2) is 69.4 Å². The molecule has 1 N–H and O–H groups in total. The average Bonchev–Trinajstić information content (AvgIpc) is 3.08. The van der Waals surface area contributed by atoms with Crippen molar-refractivity contribution in [1.82, 2.24) is 4.57 Å². The summed E-state index contributed by atoms with van der Waals surface area (Å²) in [6.07, 6.45) is 1.62. The van der Waals surface area contributed by atoms with E-state index in [2.05, 4.69) is 4.40 Å². The van der Waals surface area contributed by atoms with Gasteiger partial charge in [0.05, 0.1) is 10.6 Å². The number of benzene rings is 2. The lowest BCUT2D eigenvalue weighted by Crippen LogP contribution is -2.15. The van der Waals surface area contributed by atoms with E-state index >= 15 is 0 Å². The Balaban J connectivity index is 1.99. The Bertz CT molecular complexity index is 1130. The first-order chi connectivity index (χ1) is 12.8. The Kier molecular flexibility index (Phi) is 5.38. The van der Waals surface area contributed by atoms with E-state index in [0.717, 1.165) is 35.6 Å². The maximum Gasteiger partial charge on any atom is 0.341 e. The summed E-state index contributed by atoms with van der Waals surface area (Å²) in [5, 5.41) is 10.3. The minimum absolute atomic E-state index is 0.123. The summed E-state index contributed by atoms with van der Waals surface area (Å²) >= 11 is 1.10. The average molecular weight is 408 g/mol. The fraction of sp³-hybridized carbons (Fsp3) is 0.0588. The summed E-state index contributed by atoms with van der Waals surface area (Å²) in [4.78, 5) is 10.7. The van der Waals surface area contributed by atoms with Crippen LogP contribution in [0.5, 0.6) is 5.75 Å². The fourth-order valence-corrected chi connectivity index (χ4v) is 4.09. The zero-order valence-electron chi connectivity index (χ0n) is 13.6. The molecule has 27 heavy (non-hydrogen) atoms. The van der Waals surface area contributed by atoms with Crippen molar-refractivity contribution in [2.24, 2.45) is 4.40 Å². The number of hydrogen-bond donors (Lipinski definition) is 1. The molecule has 0 aliphatic carbocycles. The number of nitrogens with zero attached hydrogens (tertiary/aromatic N) is 2. The van der Waals surface area contributed by atoms with E-state index in [1.807, 2.05) is 0 Å². The van der Waals surface area contributed by atoms with Crippen LogP contribution < -0.4 is 9.54 Å². The van der Waals surface area contributed by atoms with Gasteiger partial charge in [-0.1, -0.05) is 6.07 Å². The summed E-state index contributed by atoms with van der Waals surface area (Å²) in [7, 11) is -4.02. The Hall–Kier alpha value is -2.98. The van der Waals surface area contributed by atoms with Crippen molar-refractivity contribution >= 4 is 27.3 Å². The van der Waals surface area contributed by atoms with Crippen LogP contribution in [-0.4, -0.2) is 30.7 Å². The quantitative estimate of drug-likeness (QED) is 0.676. The van der Waals surface area contributed by atoms with Crippen molar-refractivity contribution in [3.05, 3.63) is 70.7 Å². The van der Waals surface area contributed by atoms with Crippen LogP contribution in [0.2, 0.25) is 0 Å². The lowest BCUT2D eigenvalue weighted by molar-refractivity contribution is -0.139. The Labute approximate surface area is 157 Å². The molecule has 140 valence electrons. The van der Waals surface area contributed by atoms with Gasteiger partial charge >= 0.3 is 5.97 Å². The molecule has 0 aliphatic heterocycles. The zero-order valence-corrected chi connectivity index (χ0v) is 15.3. The van der Waals surface area contributed by atoms with Crippen LogP contribution in [-0.2, 0) is 14.8 Å². The van der Waals surface area contributed by atoms with Crippen molar-refractivity contribution in [2.75, 3.05) is 6.61 Å². The van der Waals surface area contributed by atoms with Crippen LogP contribution in [0.25, 0.3) is 5.69 Å². The molecule has 10 heteroatoms. The Morgan fingerprint density at radius 3 is 2.67 bits per heavy atom. The van der Waals surface area contributed by atoms with E-state index in [1.165, 1.54) is 4.57 Å². The van der Waals surface area contributed by atoms with Crippen molar-refractivity contribution in [1.29, 1.82) is 0 Å². The maximum atomic E-state index is 13.0. The van der Waals surface area contributed by atoms with E-state index in [4.69, 9.17) is 9.84 Å². The summed E-state index contributed by atoms with van der Waals surface area (Å²) in [5.74, 6) is -1.33. The van der Waals surface area contributed by atoms with E-state index in [-0.39, 0.29) is 9.70 Å². The molecule has 3 rings (SSSR count). The minimum atomic E-state index is -4.02. The summed E-state index contributed by atoms with van der Waals surface area (Å²) in [6.45, 7) is -0.492. The highest BCUT2D eigenvalue weighted by Crippen LogP contribution is 2.17. The zero-order chi connectivity index (χ0) is 19.4. The third-order valence-electron chi connectivity index (χ3n) is 3.36. The predicted molar refractivity (Wildman–Crippen MR) is 95.9 cm³/mol. The minimum Gasteiger partial charge on any atom is -0.482 e. The highest BCUT2D eigenvalue weighted by molar-refractivity contribution is 7.90. The van der Waals surface area contributed by atoms with Gasteiger partial charge in [-0.05, 0) is 36.4 Å². The first kappa shape index (κ1) is 18.8. The number of carboxylic acids is 1. The van der Waals surface area contributed by atoms with Gasteiger partial charge in [0.2, 0.25) is 4.80 Å². The SMILES string of the molecule is O=C(O)COc1cccc(-n2ccs/c2=N/S(=O)(=O)c2ccc(F)cc2)c1. The number of sulfonamides is 1. The summed E-state index contributed by atoms with van der Waals surface area (Å²) in [6, 6.07) is 10.9. The van der Waals surface area contributed by atoms with Crippen molar-refractivity contribution in [3.63, 3.8) is 0 Å². The van der Waals surface area contributed by atoms with Crippen LogP contribution in [0.4, 0.5) is 4.39 Å². The topological polar surface area (TPSA) is 98.0 Å². The number of aliphatic carboxylic acids is 1. The van der Waals surface area contributed by atoms with Crippen molar-refractivity contribution in [3.8, 4) is 11.4 Å².